The quantitative estimate of drug-likeness (QED) is 0.773. The maximum Gasteiger partial charge on any atom is 0.320 e. The van der Waals surface area contributed by atoms with Crippen LogP contribution in [0.15, 0.2) is 30.3 Å². The minimum atomic E-state index is -0.238. The van der Waals surface area contributed by atoms with Gasteiger partial charge in [0.1, 0.15) is 5.00 Å². The van der Waals surface area contributed by atoms with Gasteiger partial charge in [-0.05, 0) is 42.6 Å². The molecular weight excluding hydrogens is 310 g/mol. The number of benzene rings is 1. The number of hydrogen-bond acceptors (Lipinski definition) is 4. The van der Waals surface area contributed by atoms with Crippen LogP contribution < -0.4 is 10.6 Å². The van der Waals surface area contributed by atoms with Crippen molar-refractivity contribution in [2.75, 3.05) is 5.32 Å². The summed E-state index contributed by atoms with van der Waals surface area (Å²) < 4.78 is 6.23. The van der Waals surface area contributed by atoms with Gasteiger partial charge in [-0.15, -0.1) is 0 Å². The van der Waals surface area contributed by atoms with Crippen molar-refractivity contribution in [1.29, 1.82) is 0 Å². The molecule has 0 atom stereocenters. The molecule has 0 radical (unpaired) electrons. The lowest BCUT2D eigenvalue weighted by atomic mass is 10.2. The minimum absolute atomic E-state index is 0.238. The molecule has 0 spiro atoms. The Hall–Kier alpha value is -2.41. The van der Waals surface area contributed by atoms with Crippen LogP contribution in [0.5, 0.6) is 0 Å². The zero-order chi connectivity index (χ0) is 15.8. The summed E-state index contributed by atoms with van der Waals surface area (Å²) in [6, 6.07) is 9.60. The molecule has 7 heteroatoms. The van der Waals surface area contributed by atoms with E-state index < -0.39 is 0 Å². The van der Waals surface area contributed by atoms with Gasteiger partial charge in [0.25, 0.3) is 0 Å². The number of nitrogens with one attached hydrogen (secondary N) is 2. The number of carbonyl (C=O) groups is 1. The number of nitrogens with zero attached hydrogens (tertiary/aromatic N) is 3. The number of carbonyl (C=O) groups excluding carboxylic acids is 1. The van der Waals surface area contributed by atoms with Crippen LogP contribution in [0.25, 0.3) is 10.9 Å². The minimum Gasteiger partial charge on any atom is -0.332 e. The van der Waals surface area contributed by atoms with Gasteiger partial charge in [0, 0.05) is 24.0 Å². The number of aryl methyl sites for hydroxylation is 1. The summed E-state index contributed by atoms with van der Waals surface area (Å²) in [5.74, 6) is 0.652. The van der Waals surface area contributed by atoms with Crippen molar-refractivity contribution >= 4 is 33.5 Å². The van der Waals surface area contributed by atoms with Crippen LogP contribution in [0.1, 0.15) is 30.1 Å². The second-order valence-electron chi connectivity index (χ2n) is 5.79. The van der Waals surface area contributed by atoms with Gasteiger partial charge in [0.05, 0.1) is 17.8 Å². The molecule has 2 aromatic heterocycles. The molecule has 1 aromatic carbocycles. The van der Waals surface area contributed by atoms with E-state index in [0.717, 1.165) is 21.6 Å². The summed E-state index contributed by atoms with van der Waals surface area (Å²) in [6.45, 7) is 0.420. The lowest BCUT2D eigenvalue weighted by Gasteiger charge is -2.04. The van der Waals surface area contributed by atoms with Gasteiger partial charge in [-0.3, -0.25) is 10.00 Å². The Morgan fingerprint density at radius 1 is 1.39 bits per heavy atom. The predicted octanol–water partition coefficient (Wildman–Crippen LogP) is 3.23. The van der Waals surface area contributed by atoms with Gasteiger partial charge in [-0.25, -0.2) is 4.79 Å². The maximum absolute atomic E-state index is 12.1. The fourth-order valence-corrected chi connectivity index (χ4v) is 3.45. The van der Waals surface area contributed by atoms with Gasteiger partial charge >= 0.3 is 6.03 Å². The van der Waals surface area contributed by atoms with Gasteiger partial charge in [-0.2, -0.15) is 9.47 Å². The molecule has 0 unspecified atom stereocenters. The molecule has 2 heterocycles. The molecule has 1 fully saturated rings. The van der Waals surface area contributed by atoms with Gasteiger partial charge in [0.2, 0.25) is 0 Å². The van der Waals surface area contributed by atoms with Crippen molar-refractivity contribution in [2.24, 2.45) is 7.05 Å². The number of anilines is 1. The Morgan fingerprint density at radius 3 is 3.04 bits per heavy atom. The maximum atomic E-state index is 12.1. The van der Waals surface area contributed by atoms with Gasteiger partial charge < -0.3 is 5.32 Å². The number of aromatic nitrogens is 3. The monoisotopic (exact) mass is 327 g/mol. The van der Waals surface area contributed by atoms with Crippen LogP contribution in [-0.2, 0) is 13.6 Å². The average molecular weight is 327 g/mol. The van der Waals surface area contributed by atoms with Crippen LogP contribution in [0.3, 0.4) is 0 Å². The van der Waals surface area contributed by atoms with E-state index in [1.807, 2.05) is 36.0 Å². The molecule has 118 valence electrons. The number of rotatable bonds is 4. The smallest absolute Gasteiger partial charge is 0.320 e. The van der Waals surface area contributed by atoms with Crippen molar-refractivity contribution in [3.63, 3.8) is 0 Å². The highest BCUT2D eigenvalue weighted by molar-refractivity contribution is 7.12. The largest absolute Gasteiger partial charge is 0.332 e. The molecule has 2 amide bonds. The topological polar surface area (TPSA) is 71.8 Å². The second-order valence-corrected chi connectivity index (χ2v) is 6.57. The molecule has 0 aliphatic heterocycles. The number of amides is 2. The van der Waals surface area contributed by atoms with E-state index in [1.165, 1.54) is 30.1 Å². The van der Waals surface area contributed by atoms with Crippen LogP contribution >= 0.6 is 11.5 Å². The van der Waals surface area contributed by atoms with Crippen LogP contribution in [-0.4, -0.2) is 20.2 Å². The third-order valence-electron chi connectivity index (χ3n) is 4.00. The van der Waals surface area contributed by atoms with Crippen molar-refractivity contribution in [3.05, 3.63) is 41.7 Å². The normalized spacial score (nSPS) is 14.1. The fourth-order valence-electron chi connectivity index (χ4n) is 2.69. The molecular formula is C16H17N5OS. The molecule has 1 saturated carbocycles. The van der Waals surface area contributed by atoms with E-state index in [0.29, 0.717) is 12.5 Å². The van der Waals surface area contributed by atoms with Crippen molar-refractivity contribution in [2.45, 2.75) is 25.3 Å². The Bertz CT molecular complexity index is 864. The molecule has 1 aliphatic carbocycles. The molecule has 1 aliphatic rings. The Balaban J connectivity index is 1.39. The Morgan fingerprint density at radius 2 is 2.22 bits per heavy atom. The highest BCUT2D eigenvalue weighted by Crippen LogP contribution is 2.39. The molecule has 3 aromatic rings. The van der Waals surface area contributed by atoms with E-state index >= 15 is 0 Å². The molecule has 0 bridgehead atoms. The third kappa shape index (κ3) is 2.92. The van der Waals surface area contributed by atoms with E-state index in [2.05, 4.69) is 26.2 Å². The Labute approximate surface area is 137 Å². The van der Waals surface area contributed by atoms with Crippen molar-refractivity contribution in [1.82, 2.24) is 19.5 Å². The first-order valence-electron chi connectivity index (χ1n) is 7.63. The zero-order valence-electron chi connectivity index (χ0n) is 12.7. The molecule has 6 nitrogen and oxygen atoms in total. The second kappa shape index (κ2) is 5.66. The van der Waals surface area contributed by atoms with E-state index in [9.17, 15) is 4.79 Å². The summed E-state index contributed by atoms with van der Waals surface area (Å²) in [7, 11) is 1.96. The first-order valence-corrected chi connectivity index (χ1v) is 8.40. The van der Waals surface area contributed by atoms with Crippen molar-refractivity contribution < 1.29 is 4.79 Å². The summed E-state index contributed by atoms with van der Waals surface area (Å²) in [4.78, 5) is 12.1. The summed E-state index contributed by atoms with van der Waals surface area (Å²) in [5.41, 5.74) is 3.04. The molecule has 4 rings (SSSR count). The fraction of sp³-hybridized carbons (Fsp3) is 0.312. The lowest BCUT2D eigenvalue weighted by Crippen LogP contribution is -2.28. The van der Waals surface area contributed by atoms with Gasteiger partial charge in [-0.1, -0.05) is 12.1 Å². The molecule has 23 heavy (non-hydrogen) atoms. The first-order chi connectivity index (χ1) is 11.2. The number of urea groups is 1. The van der Waals surface area contributed by atoms with Crippen LogP contribution in [0.2, 0.25) is 0 Å². The summed E-state index contributed by atoms with van der Waals surface area (Å²) in [6.07, 6.45) is 2.48. The van der Waals surface area contributed by atoms with Crippen LogP contribution in [0.4, 0.5) is 9.80 Å². The molecule has 2 N–H and O–H groups in total. The average Bonchev–Trinajstić information content (AvgIpc) is 3.22. The highest BCUT2D eigenvalue weighted by atomic mass is 32.1. The third-order valence-corrected chi connectivity index (χ3v) is 4.80. The van der Waals surface area contributed by atoms with E-state index in [4.69, 9.17) is 0 Å². The zero-order valence-corrected chi connectivity index (χ0v) is 13.6. The summed E-state index contributed by atoms with van der Waals surface area (Å²) in [5, 5.41) is 11.9. The van der Waals surface area contributed by atoms with E-state index in [1.54, 1.807) is 0 Å². The van der Waals surface area contributed by atoms with Crippen molar-refractivity contribution in [3.8, 4) is 0 Å². The van der Waals surface area contributed by atoms with Crippen LogP contribution in [0, 0.1) is 0 Å². The molecule has 0 saturated heterocycles. The predicted molar refractivity (Wildman–Crippen MR) is 90.7 cm³/mol. The number of hydrogen-bond donors (Lipinski definition) is 2. The van der Waals surface area contributed by atoms with E-state index in [-0.39, 0.29) is 6.03 Å². The first kappa shape index (κ1) is 14.2. The number of fused-ring (bicyclic) bond motifs is 1. The SMILES string of the molecule is Cn1nc(CNC(=O)Nc2snc3ccccc23)cc1C1CC1. The standard InChI is InChI=1S/C16H17N5OS/c1-21-14(10-6-7-10)8-11(19-21)9-17-16(22)18-15-12-4-2-3-5-13(12)20-23-15/h2-5,8,10H,6-7,9H2,1H3,(H2,17,18,22). The highest BCUT2D eigenvalue weighted by Gasteiger charge is 2.27. The lowest BCUT2D eigenvalue weighted by molar-refractivity contribution is 0.251. The Kier molecular flexibility index (Phi) is 3.49. The summed E-state index contributed by atoms with van der Waals surface area (Å²) >= 11 is 1.29. The van der Waals surface area contributed by atoms with Gasteiger partial charge in [0.15, 0.2) is 0 Å².